The van der Waals surface area contributed by atoms with Crippen molar-refractivity contribution in [1.29, 1.82) is 0 Å². The van der Waals surface area contributed by atoms with Crippen LogP contribution in [0.25, 0.3) is 10.9 Å². The molecule has 5 rings (SSSR count). The Kier molecular flexibility index (Phi) is 18.9. The number of guanidine groups is 1. The van der Waals surface area contributed by atoms with Crippen LogP contribution in [0.2, 0.25) is 0 Å². The van der Waals surface area contributed by atoms with Gasteiger partial charge >= 0.3 is 0 Å². The Hall–Kier alpha value is -7.61. The Balaban J connectivity index is 1.47. The van der Waals surface area contributed by atoms with E-state index in [-0.39, 0.29) is 75.7 Å². The van der Waals surface area contributed by atoms with Gasteiger partial charge in [-0.1, -0.05) is 78.9 Å². The molecule has 3 aromatic carbocycles. The van der Waals surface area contributed by atoms with Crippen LogP contribution in [0.1, 0.15) is 81.4 Å². The molecule has 0 unspecified atom stereocenters. The highest BCUT2D eigenvalue weighted by molar-refractivity contribution is 5.99. The molecule has 0 bridgehead atoms. The Labute approximate surface area is 400 Å². The summed E-state index contributed by atoms with van der Waals surface area (Å²) in [5.74, 6) is -5.66. The summed E-state index contributed by atoms with van der Waals surface area (Å²) in [6.45, 7) is 2.28. The van der Waals surface area contributed by atoms with Crippen molar-refractivity contribution in [2.24, 2.45) is 27.9 Å². The average molecular weight is 949 g/mol. The molecule has 69 heavy (non-hydrogen) atoms. The summed E-state index contributed by atoms with van der Waals surface area (Å²) in [6.07, 6.45) is 2.69. The standard InChI is InChI=1S/C49H64N12O8/c1-29(62)24-38(56-30(2)63)46(68)61-49(21-19-33(20-22-49)32-14-7-4-8-15-32)47(69)60-39(25-31-12-5-3-6-13-31)44(66)57-37(18-11-23-54-48(52)53)43(65)58-40(45(67)59-41(27-50)42(51)64)26-34-28-55-36-17-10-9-16-35(34)36/h3-10,12-17,28,33,37-41,55H,11,18-27,50H2,1-2H3,(H2,51,64)(H,56,63)(H,57,66)(H,58,65)(H,59,67)(H,60,69)(H,61,68)(H4,52,53,54)/t33?,37-,38-,39+,40-,41-,49?/m0/s1. The van der Waals surface area contributed by atoms with E-state index in [1.807, 2.05) is 54.6 Å². The van der Waals surface area contributed by atoms with E-state index >= 15 is 0 Å². The van der Waals surface area contributed by atoms with Crippen molar-refractivity contribution in [3.63, 3.8) is 0 Å². The summed E-state index contributed by atoms with van der Waals surface area (Å²) in [4.78, 5) is 116. The van der Waals surface area contributed by atoms with Crippen molar-refractivity contribution in [3.05, 3.63) is 108 Å². The Bertz CT molecular complexity index is 2450. The van der Waals surface area contributed by atoms with Crippen LogP contribution in [0.4, 0.5) is 0 Å². The van der Waals surface area contributed by atoms with Gasteiger partial charge in [-0.15, -0.1) is 0 Å². The molecule has 0 aliphatic heterocycles. The third kappa shape index (κ3) is 15.2. The number of Topliss-reactive ketones (excluding diaryl/α,β-unsaturated/α-hetero) is 1. The molecule has 0 saturated heterocycles. The van der Waals surface area contributed by atoms with Gasteiger partial charge in [-0.2, -0.15) is 0 Å². The summed E-state index contributed by atoms with van der Waals surface area (Å²) < 4.78 is 0. The first-order valence-corrected chi connectivity index (χ1v) is 23.0. The number of carbonyl (C=O) groups excluding carboxylic acids is 8. The number of benzene rings is 3. The first kappa shape index (κ1) is 52.4. The third-order valence-corrected chi connectivity index (χ3v) is 12.2. The van der Waals surface area contributed by atoms with E-state index in [1.165, 1.54) is 13.8 Å². The van der Waals surface area contributed by atoms with Crippen molar-refractivity contribution in [2.45, 2.75) is 113 Å². The molecule has 5 atom stereocenters. The van der Waals surface area contributed by atoms with Crippen molar-refractivity contribution < 1.29 is 38.4 Å². The van der Waals surface area contributed by atoms with Gasteiger partial charge in [0.15, 0.2) is 5.96 Å². The highest BCUT2D eigenvalue weighted by Gasteiger charge is 2.46. The predicted octanol–water partition coefficient (Wildman–Crippen LogP) is 0.0865. The van der Waals surface area contributed by atoms with Crippen LogP contribution in [-0.4, -0.2) is 107 Å². The van der Waals surface area contributed by atoms with Crippen molar-refractivity contribution in [3.8, 4) is 0 Å². The minimum Gasteiger partial charge on any atom is -0.370 e. The zero-order chi connectivity index (χ0) is 50.1. The summed E-state index contributed by atoms with van der Waals surface area (Å²) in [5.41, 5.74) is 24.0. The molecule has 20 nitrogen and oxygen atoms in total. The van der Waals surface area contributed by atoms with Crippen molar-refractivity contribution in [2.75, 3.05) is 13.1 Å². The van der Waals surface area contributed by atoms with E-state index in [4.69, 9.17) is 22.9 Å². The number of nitrogens with one attached hydrogen (secondary N) is 7. The van der Waals surface area contributed by atoms with Crippen LogP contribution in [0.15, 0.2) is 96.1 Å². The largest absolute Gasteiger partial charge is 0.370 e. The quantitative estimate of drug-likeness (QED) is 0.0254. The summed E-state index contributed by atoms with van der Waals surface area (Å²) in [5, 5.41) is 17.2. The number of aromatic amines is 1. The fourth-order valence-corrected chi connectivity index (χ4v) is 8.56. The summed E-state index contributed by atoms with van der Waals surface area (Å²) >= 11 is 0. The van der Waals surface area contributed by atoms with Crippen molar-refractivity contribution in [1.82, 2.24) is 36.9 Å². The van der Waals surface area contributed by atoms with E-state index in [9.17, 15) is 38.4 Å². The molecule has 0 radical (unpaired) electrons. The second-order valence-corrected chi connectivity index (χ2v) is 17.5. The maximum absolute atomic E-state index is 14.9. The molecule has 15 N–H and O–H groups in total. The van der Waals surface area contributed by atoms with Gasteiger partial charge < -0.3 is 59.8 Å². The van der Waals surface area contributed by atoms with Gasteiger partial charge in [0.2, 0.25) is 41.4 Å². The number of hydrogen-bond acceptors (Lipinski definition) is 10. The molecule has 7 amide bonds. The van der Waals surface area contributed by atoms with Crippen LogP contribution < -0.4 is 54.8 Å². The Morgan fingerprint density at radius 3 is 1.87 bits per heavy atom. The smallest absolute Gasteiger partial charge is 0.246 e. The topological polar surface area (TPSA) is 341 Å². The number of para-hydroxylation sites is 1. The van der Waals surface area contributed by atoms with Gasteiger partial charge in [0, 0.05) is 56.4 Å². The molecule has 20 heteroatoms. The second-order valence-electron chi connectivity index (χ2n) is 17.5. The first-order chi connectivity index (χ1) is 33.0. The number of ketones is 1. The number of hydrogen-bond donors (Lipinski definition) is 11. The van der Waals surface area contributed by atoms with E-state index in [0.717, 1.165) is 16.5 Å². The number of aromatic nitrogens is 1. The average Bonchev–Trinajstić information content (AvgIpc) is 3.73. The fourth-order valence-electron chi connectivity index (χ4n) is 8.56. The highest BCUT2D eigenvalue weighted by Crippen LogP contribution is 2.38. The van der Waals surface area contributed by atoms with E-state index in [1.54, 1.807) is 36.5 Å². The molecule has 368 valence electrons. The van der Waals surface area contributed by atoms with Crippen molar-refractivity contribution >= 4 is 64.0 Å². The zero-order valence-corrected chi connectivity index (χ0v) is 38.9. The lowest BCUT2D eigenvalue weighted by Gasteiger charge is -2.41. The molecule has 1 saturated carbocycles. The molecule has 1 aliphatic rings. The maximum atomic E-state index is 14.9. The minimum absolute atomic E-state index is 0.0317. The number of rotatable bonds is 24. The second kappa shape index (κ2) is 25.0. The molecule has 1 heterocycles. The summed E-state index contributed by atoms with van der Waals surface area (Å²) in [7, 11) is 0. The van der Waals surface area contributed by atoms with Gasteiger partial charge in [0.1, 0.15) is 41.5 Å². The first-order valence-electron chi connectivity index (χ1n) is 23.0. The molecule has 4 aromatic rings. The lowest BCUT2D eigenvalue weighted by Crippen LogP contribution is -2.66. The monoisotopic (exact) mass is 948 g/mol. The normalized spacial score (nSPS) is 17.6. The lowest BCUT2D eigenvalue weighted by atomic mass is 9.73. The number of primary amides is 1. The maximum Gasteiger partial charge on any atom is 0.246 e. The van der Waals surface area contributed by atoms with Gasteiger partial charge in [-0.25, -0.2) is 0 Å². The van der Waals surface area contributed by atoms with E-state index < -0.39 is 77.1 Å². The number of aliphatic imine (C=N–C) groups is 1. The van der Waals surface area contributed by atoms with Gasteiger partial charge in [-0.3, -0.25) is 43.3 Å². The van der Waals surface area contributed by atoms with E-state index in [0.29, 0.717) is 24.0 Å². The molecule has 1 aliphatic carbocycles. The third-order valence-electron chi connectivity index (χ3n) is 12.2. The lowest BCUT2D eigenvalue weighted by molar-refractivity contribution is -0.139. The number of fused-ring (bicyclic) bond motifs is 1. The van der Waals surface area contributed by atoms with Crippen LogP contribution in [0.5, 0.6) is 0 Å². The molecule has 1 fully saturated rings. The number of amides is 7. The van der Waals surface area contributed by atoms with Gasteiger partial charge in [-0.05, 0) is 74.1 Å². The fraction of sp³-hybridized carbons (Fsp3) is 0.408. The van der Waals surface area contributed by atoms with Crippen LogP contribution in [0.3, 0.4) is 0 Å². The van der Waals surface area contributed by atoms with E-state index in [2.05, 4.69) is 41.9 Å². The van der Waals surface area contributed by atoms with Gasteiger partial charge in [0.25, 0.3) is 0 Å². The molecular formula is C49H64N12O8. The Morgan fingerprint density at radius 2 is 1.26 bits per heavy atom. The SMILES string of the molecule is CC(=O)C[C@H](NC(C)=O)C(=O)NC1(C(=O)N[C@H](Cc2ccccc2)C(=O)N[C@@H](CCCN=C(N)N)C(=O)N[C@@H](Cc2c[nH]c3ccccc23)C(=O)N[C@@H](CN)C(N)=O)CCC(c2ccccc2)CC1. The van der Waals surface area contributed by atoms with Gasteiger partial charge in [0.05, 0.1) is 0 Å². The summed E-state index contributed by atoms with van der Waals surface area (Å²) in [6, 6.07) is 19.5. The molecule has 1 aromatic heterocycles. The van der Waals surface area contributed by atoms with Crippen LogP contribution >= 0.6 is 0 Å². The van der Waals surface area contributed by atoms with Crippen LogP contribution in [-0.2, 0) is 51.2 Å². The number of nitrogens with two attached hydrogens (primary N) is 4. The zero-order valence-electron chi connectivity index (χ0n) is 38.9. The molecule has 0 spiro atoms. The number of carbonyl (C=O) groups is 8. The van der Waals surface area contributed by atoms with Crippen LogP contribution in [0, 0.1) is 0 Å². The minimum atomic E-state index is -1.59. The number of nitrogens with zero attached hydrogens (tertiary/aromatic N) is 1. The Morgan fingerprint density at radius 1 is 0.681 bits per heavy atom. The molecular weight excluding hydrogens is 885 g/mol. The predicted molar refractivity (Wildman–Crippen MR) is 259 cm³/mol. The number of H-pyrrole nitrogens is 1. The highest BCUT2D eigenvalue weighted by atomic mass is 16.2.